The molecule has 2 aliphatic rings. The first kappa shape index (κ1) is 47.5. The van der Waals surface area contributed by atoms with Crippen LogP contribution >= 0.6 is 6.64 Å². The van der Waals surface area contributed by atoms with Crippen LogP contribution in [-0.2, 0) is 39.8 Å². The van der Waals surface area contributed by atoms with Gasteiger partial charge in [0.2, 0.25) is 0 Å². The number of halogens is 2. The van der Waals surface area contributed by atoms with Gasteiger partial charge in [-0.05, 0) is 42.5 Å². The number of benzene rings is 2. The monoisotopic (exact) mass is 971 g/mol. The van der Waals surface area contributed by atoms with Crippen LogP contribution in [0.15, 0.2) is 86.0 Å². The zero-order valence-corrected chi connectivity index (χ0v) is 37.4. The normalized spacial score (nSPS) is 23.1. The van der Waals surface area contributed by atoms with Crippen LogP contribution in [0.5, 0.6) is 0 Å². The van der Waals surface area contributed by atoms with Gasteiger partial charge in [-0.2, -0.15) is 10.5 Å². The van der Waals surface area contributed by atoms with Crippen molar-refractivity contribution in [2.45, 2.75) is 75.4 Å². The molecule has 2 fully saturated rings. The number of hydrogen-bond acceptors (Lipinski definition) is 18. The van der Waals surface area contributed by atoms with Gasteiger partial charge >= 0.3 is 6.16 Å². The van der Waals surface area contributed by atoms with Gasteiger partial charge in [-0.25, -0.2) is 48.6 Å². The number of fused-ring (bicyclic) bond motifs is 2. The molecular weight excluding hydrogens is 932 g/mol. The standard InChI is InChI=1S/C42H40F2N13O9PS/c1-2-26-33(29(44)41(63-26)57-23-52-31-35(48-21-50-37(31)57)55-39(59)25-13-7-4-8-14-25)66-67(68,62-18-10-16-46)53-19-27-32(65-42(60)61-17-9-15-45)28(43)40(64-27)56-22-51-30-34(47-20-49-36(30)56)54-38(58)24-11-5-3-6-12-24/h3-8,11-14,20-23,26-29,32-33,40-41H,2,9-10,17-19H2,1H3,(H,53,68)(H,47,49,54,58)(H,48,50,55,59)/t26-,27-,28-,29-,32-,33-,40?,41?,67?/m1/s1. The molecule has 22 nitrogen and oxygen atoms in total. The molecule has 68 heavy (non-hydrogen) atoms. The molecule has 0 saturated carbocycles. The van der Waals surface area contributed by atoms with Crippen molar-refractivity contribution in [3.63, 3.8) is 0 Å². The van der Waals surface area contributed by atoms with E-state index >= 15 is 8.78 Å². The molecule has 2 saturated heterocycles. The molecule has 26 heteroatoms. The van der Waals surface area contributed by atoms with Crippen molar-refractivity contribution in [1.29, 1.82) is 10.5 Å². The highest BCUT2D eigenvalue weighted by molar-refractivity contribution is 8.09. The molecule has 0 aliphatic carbocycles. The maximum atomic E-state index is 16.9. The van der Waals surface area contributed by atoms with Gasteiger partial charge in [0.05, 0.1) is 50.3 Å². The van der Waals surface area contributed by atoms with Crippen molar-refractivity contribution >= 4 is 70.4 Å². The Labute approximate surface area is 390 Å². The Kier molecular flexibility index (Phi) is 14.9. The van der Waals surface area contributed by atoms with Crippen LogP contribution in [0.3, 0.4) is 0 Å². The van der Waals surface area contributed by atoms with Crippen LogP contribution in [0.1, 0.15) is 59.4 Å². The summed E-state index contributed by atoms with van der Waals surface area (Å²) < 4.78 is 71.3. The smallest absolute Gasteiger partial charge is 0.433 e. The van der Waals surface area contributed by atoms with E-state index in [9.17, 15) is 19.6 Å². The van der Waals surface area contributed by atoms with Gasteiger partial charge in [-0.15, -0.1) is 0 Å². The fourth-order valence-electron chi connectivity index (χ4n) is 7.41. The molecule has 2 amide bonds. The lowest BCUT2D eigenvalue weighted by atomic mass is 10.1. The Morgan fingerprint density at radius 2 is 1.26 bits per heavy atom. The number of imidazole rings is 2. The number of nitrogens with one attached hydrogen (secondary N) is 3. The number of aromatic nitrogens is 8. The first-order chi connectivity index (χ1) is 33.0. The van der Waals surface area contributed by atoms with Crippen LogP contribution in [-0.4, -0.2) is 114 Å². The van der Waals surface area contributed by atoms with Crippen LogP contribution < -0.4 is 15.7 Å². The summed E-state index contributed by atoms with van der Waals surface area (Å²) in [5, 5.41) is 26.6. The third-order valence-electron chi connectivity index (χ3n) is 10.6. The fourth-order valence-corrected chi connectivity index (χ4v) is 9.68. The number of hydrogen-bond donors (Lipinski definition) is 3. The van der Waals surface area contributed by atoms with Crippen LogP contribution in [0.4, 0.5) is 25.2 Å². The molecule has 8 rings (SSSR count). The first-order valence-electron chi connectivity index (χ1n) is 20.9. The van der Waals surface area contributed by atoms with Crippen molar-refractivity contribution in [3.05, 3.63) is 97.1 Å². The average Bonchev–Trinajstić information content (AvgIpc) is 4.13. The van der Waals surface area contributed by atoms with E-state index in [1.54, 1.807) is 67.6 Å². The molecule has 6 aromatic rings. The minimum absolute atomic E-state index is 0.0247. The predicted molar refractivity (Wildman–Crippen MR) is 237 cm³/mol. The lowest BCUT2D eigenvalue weighted by Gasteiger charge is -2.30. The molecule has 3 unspecified atom stereocenters. The molecule has 6 heterocycles. The summed E-state index contributed by atoms with van der Waals surface area (Å²) >= 11 is 5.90. The molecule has 0 radical (unpaired) electrons. The number of nitriles is 2. The van der Waals surface area contributed by atoms with Gasteiger partial charge in [-0.1, -0.05) is 43.3 Å². The average molecular weight is 972 g/mol. The number of rotatable bonds is 18. The van der Waals surface area contributed by atoms with E-state index in [-0.39, 0.29) is 66.4 Å². The molecule has 0 bridgehead atoms. The quantitative estimate of drug-likeness (QED) is 0.0535. The molecule has 2 aromatic carbocycles. The number of alkyl halides is 2. The molecular formula is C42H40F2N13O9PS. The van der Waals surface area contributed by atoms with Crippen molar-refractivity contribution in [1.82, 2.24) is 44.1 Å². The number of carbonyl (C=O) groups is 3. The second-order valence-corrected chi connectivity index (χ2v) is 18.1. The van der Waals surface area contributed by atoms with Gasteiger partial charge in [-0.3, -0.25) is 18.7 Å². The second kappa shape index (κ2) is 21.3. The number of anilines is 2. The minimum Gasteiger partial charge on any atom is -0.433 e. The van der Waals surface area contributed by atoms with Crippen LogP contribution in [0, 0.1) is 22.7 Å². The Morgan fingerprint density at radius 3 is 1.79 bits per heavy atom. The topological polar surface area (TPSA) is 277 Å². The Bertz CT molecular complexity index is 2910. The lowest BCUT2D eigenvalue weighted by molar-refractivity contribution is -0.0320. The molecule has 3 N–H and O–H groups in total. The van der Waals surface area contributed by atoms with E-state index in [0.29, 0.717) is 11.1 Å². The lowest BCUT2D eigenvalue weighted by Crippen LogP contribution is -2.40. The second-order valence-electron chi connectivity index (χ2n) is 14.9. The van der Waals surface area contributed by atoms with Crippen LogP contribution in [0.2, 0.25) is 0 Å². The van der Waals surface area contributed by atoms with Crippen LogP contribution in [0.25, 0.3) is 22.3 Å². The third kappa shape index (κ3) is 10.3. The van der Waals surface area contributed by atoms with Gasteiger partial charge < -0.3 is 38.6 Å². The van der Waals surface area contributed by atoms with Crippen molar-refractivity contribution in [3.8, 4) is 12.1 Å². The summed E-state index contributed by atoms with van der Waals surface area (Å²) in [5.74, 6) is -0.832. The van der Waals surface area contributed by atoms with E-state index in [0.717, 1.165) is 6.33 Å². The highest BCUT2D eigenvalue weighted by Gasteiger charge is 2.52. The summed E-state index contributed by atoms with van der Waals surface area (Å²) in [6.07, 6.45) is -8.86. The van der Waals surface area contributed by atoms with E-state index in [4.69, 9.17) is 45.1 Å². The predicted octanol–water partition coefficient (Wildman–Crippen LogP) is 5.62. The van der Waals surface area contributed by atoms with Crippen molar-refractivity contribution in [2.75, 3.05) is 30.4 Å². The highest BCUT2D eigenvalue weighted by Crippen LogP contribution is 2.51. The Balaban J connectivity index is 1.02. The zero-order chi connectivity index (χ0) is 47.8. The third-order valence-corrected chi connectivity index (χ3v) is 13.2. The summed E-state index contributed by atoms with van der Waals surface area (Å²) in [6.45, 7) is -3.16. The van der Waals surface area contributed by atoms with Gasteiger partial charge in [0, 0.05) is 17.7 Å². The van der Waals surface area contributed by atoms with Crippen molar-refractivity contribution < 1.29 is 51.2 Å². The van der Waals surface area contributed by atoms with Gasteiger partial charge in [0.1, 0.15) is 31.5 Å². The van der Waals surface area contributed by atoms with Crippen molar-refractivity contribution in [2.24, 2.45) is 0 Å². The maximum absolute atomic E-state index is 16.9. The van der Waals surface area contributed by atoms with E-state index in [2.05, 4.69) is 45.6 Å². The fraction of sp³-hybridized carbons (Fsp3) is 0.357. The summed E-state index contributed by atoms with van der Waals surface area (Å²) in [6, 6.07) is 20.6. The van der Waals surface area contributed by atoms with E-state index in [1.165, 1.54) is 28.1 Å². The summed E-state index contributed by atoms with van der Waals surface area (Å²) in [7, 11) is 0. The van der Waals surface area contributed by atoms with Gasteiger partial charge in [0.25, 0.3) is 18.5 Å². The zero-order valence-electron chi connectivity index (χ0n) is 35.7. The summed E-state index contributed by atoms with van der Waals surface area (Å²) in [5.41, 5.74) is 1.16. The van der Waals surface area contributed by atoms with E-state index in [1.807, 2.05) is 12.1 Å². The maximum Gasteiger partial charge on any atom is 0.508 e. The van der Waals surface area contributed by atoms with Gasteiger partial charge in [0.15, 0.2) is 64.9 Å². The number of nitrogens with zero attached hydrogens (tertiary/aromatic N) is 10. The SMILES string of the molecule is CC[C@H]1OC(n2cnc3c(NC(=O)c4ccccc4)ncnc32)[C@H](F)[C@@H]1OP(=S)(NC[C@H]1OC(n2cnc3c(NC(=O)c4ccccc4)ncnc32)[C@H](F)[C@@H]1OC(=O)OCCC#N)OCCC#N. The number of ether oxygens (including phenoxy) is 4. The Hall–Kier alpha value is -6.96. The molecule has 9 atom stereocenters. The molecule has 2 aliphatic heterocycles. The number of carbonyl (C=O) groups excluding carboxylic acids is 3. The minimum atomic E-state index is -3.89. The molecule has 0 spiro atoms. The summed E-state index contributed by atoms with van der Waals surface area (Å²) in [4.78, 5) is 64.3. The largest absolute Gasteiger partial charge is 0.508 e. The highest BCUT2D eigenvalue weighted by atomic mass is 32.5. The first-order valence-corrected chi connectivity index (χ1v) is 23.6. The molecule has 352 valence electrons. The van der Waals surface area contributed by atoms with E-state index < -0.39 is 80.4 Å². The molecule has 4 aromatic heterocycles. The Morgan fingerprint density at radius 1 is 0.750 bits per heavy atom. The number of amides is 2.